The molecule has 0 saturated heterocycles. The number of hydrogen-bond donors (Lipinski definition) is 2. The van der Waals surface area contributed by atoms with Crippen molar-refractivity contribution in [2.75, 3.05) is 0 Å². The third-order valence-electron chi connectivity index (χ3n) is 2.33. The number of rotatable bonds is 3. The molecule has 1 aromatic rings. The summed E-state index contributed by atoms with van der Waals surface area (Å²) in [5.41, 5.74) is 1.31. The molecule has 0 bridgehead atoms. The van der Waals surface area contributed by atoms with Crippen LogP contribution in [0.5, 0.6) is 0 Å². The van der Waals surface area contributed by atoms with Gasteiger partial charge in [-0.25, -0.2) is 4.79 Å². The molecule has 1 aromatic heterocycles. The van der Waals surface area contributed by atoms with Gasteiger partial charge in [-0.2, -0.15) is 0 Å². The molecule has 0 spiro atoms. The summed E-state index contributed by atoms with van der Waals surface area (Å²) in [7, 11) is 0. The van der Waals surface area contributed by atoms with E-state index < -0.39 is 5.97 Å². The van der Waals surface area contributed by atoms with Gasteiger partial charge in [0, 0.05) is 24.0 Å². The van der Waals surface area contributed by atoms with E-state index >= 15 is 0 Å². The van der Waals surface area contributed by atoms with Crippen LogP contribution in [0.2, 0.25) is 0 Å². The molecular weight excluding hydrogens is 208 g/mol. The number of amides is 1. The number of aromatic nitrogens is 1. The van der Waals surface area contributed by atoms with E-state index in [1.165, 1.54) is 0 Å². The summed E-state index contributed by atoms with van der Waals surface area (Å²) in [6.07, 6.45) is 1.92. The number of carbonyl (C=O) groups excluding carboxylic acids is 1. The van der Waals surface area contributed by atoms with Crippen molar-refractivity contribution in [3.8, 4) is 0 Å². The van der Waals surface area contributed by atoms with Crippen LogP contribution in [0.15, 0.2) is 35.7 Å². The van der Waals surface area contributed by atoms with Crippen LogP contribution in [0.4, 0.5) is 0 Å². The van der Waals surface area contributed by atoms with Crippen molar-refractivity contribution >= 4 is 11.9 Å². The molecule has 0 aromatic carbocycles. The summed E-state index contributed by atoms with van der Waals surface area (Å²) in [6, 6.07) is 5.39. The molecule has 0 radical (unpaired) electrons. The Morgan fingerprint density at radius 1 is 1.50 bits per heavy atom. The zero-order valence-corrected chi connectivity index (χ0v) is 8.43. The highest BCUT2D eigenvalue weighted by molar-refractivity contribution is 5.99. The van der Waals surface area contributed by atoms with Gasteiger partial charge in [0.1, 0.15) is 0 Å². The molecule has 1 aliphatic heterocycles. The van der Waals surface area contributed by atoms with E-state index in [1.54, 1.807) is 18.3 Å². The van der Waals surface area contributed by atoms with Gasteiger partial charge in [-0.05, 0) is 12.1 Å². The fraction of sp³-hybridized carbons (Fsp3) is 0.182. The Balaban J connectivity index is 2.23. The molecule has 2 N–H and O–H groups in total. The number of pyridine rings is 1. The molecule has 0 fully saturated rings. The molecule has 16 heavy (non-hydrogen) atoms. The Bertz CT molecular complexity index is 465. The van der Waals surface area contributed by atoms with Crippen molar-refractivity contribution < 1.29 is 14.7 Å². The Kier molecular flexibility index (Phi) is 2.68. The van der Waals surface area contributed by atoms with E-state index in [0.29, 0.717) is 12.1 Å². The minimum atomic E-state index is -1.05. The fourth-order valence-corrected chi connectivity index (χ4v) is 1.59. The van der Waals surface area contributed by atoms with E-state index in [2.05, 4.69) is 10.3 Å². The first-order valence-corrected chi connectivity index (χ1v) is 4.82. The fourth-order valence-electron chi connectivity index (χ4n) is 1.59. The van der Waals surface area contributed by atoms with Crippen LogP contribution in [0.3, 0.4) is 0 Å². The Hall–Kier alpha value is -2.17. The zero-order chi connectivity index (χ0) is 11.5. The van der Waals surface area contributed by atoms with Crippen LogP contribution in [-0.4, -0.2) is 22.0 Å². The number of carboxylic acids is 1. The summed E-state index contributed by atoms with van der Waals surface area (Å²) in [4.78, 5) is 26.1. The standard InChI is InChI=1S/C11H10N2O3/c14-10-6-8(11(15)16)9(13-10)5-7-3-1-2-4-12-7/h1-4H,5-6H2,(H,13,14)(H,15,16). The highest BCUT2D eigenvalue weighted by Crippen LogP contribution is 2.17. The van der Waals surface area contributed by atoms with Crippen LogP contribution in [0, 0.1) is 0 Å². The predicted octanol–water partition coefficient (Wildman–Crippen LogP) is 0.483. The topological polar surface area (TPSA) is 79.3 Å². The molecule has 5 heteroatoms. The van der Waals surface area contributed by atoms with Crippen molar-refractivity contribution in [1.82, 2.24) is 10.3 Å². The first kappa shape index (κ1) is 10.4. The summed E-state index contributed by atoms with van der Waals surface area (Å²) in [5, 5.41) is 11.5. The molecule has 2 rings (SSSR count). The smallest absolute Gasteiger partial charge is 0.333 e. The van der Waals surface area contributed by atoms with Gasteiger partial charge in [-0.15, -0.1) is 0 Å². The highest BCUT2D eigenvalue weighted by atomic mass is 16.4. The number of allylic oxidation sites excluding steroid dienone is 1. The first-order chi connectivity index (χ1) is 7.66. The summed E-state index contributed by atoms with van der Waals surface area (Å²) >= 11 is 0. The Morgan fingerprint density at radius 3 is 2.94 bits per heavy atom. The maximum atomic E-state index is 11.1. The lowest BCUT2D eigenvalue weighted by Crippen LogP contribution is -2.16. The molecule has 2 heterocycles. The van der Waals surface area contributed by atoms with Gasteiger partial charge in [-0.3, -0.25) is 9.78 Å². The molecule has 0 saturated carbocycles. The minimum Gasteiger partial charge on any atom is -0.478 e. The Morgan fingerprint density at radius 2 is 2.31 bits per heavy atom. The van der Waals surface area contributed by atoms with Crippen LogP contribution in [0.25, 0.3) is 0 Å². The van der Waals surface area contributed by atoms with Gasteiger partial charge in [0.2, 0.25) is 5.91 Å². The average molecular weight is 218 g/mol. The molecular formula is C11H10N2O3. The van der Waals surface area contributed by atoms with Gasteiger partial charge in [0.15, 0.2) is 0 Å². The minimum absolute atomic E-state index is 0.0580. The normalized spacial score (nSPS) is 15.1. The van der Waals surface area contributed by atoms with Crippen molar-refractivity contribution in [3.05, 3.63) is 41.4 Å². The van der Waals surface area contributed by atoms with Crippen molar-refractivity contribution in [1.29, 1.82) is 0 Å². The number of nitrogens with zero attached hydrogens (tertiary/aromatic N) is 1. The Labute approximate surface area is 91.8 Å². The largest absolute Gasteiger partial charge is 0.478 e. The second kappa shape index (κ2) is 4.14. The van der Waals surface area contributed by atoms with Crippen molar-refractivity contribution in [3.63, 3.8) is 0 Å². The highest BCUT2D eigenvalue weighted by Gasteiger charge is 2.25. The SMILES string of the molecule is O=C1CC(C(=O)O)=C(Cc2ccccn2)N1. The average Bonchev–Trinajstić information content (AvgIpc) is 2.61. The van der Waals surface area contributed by atoms with Gasteiger partial charge in [0.25, 0.3) is 0 Å². The third kappa shape index (κ3) is 2.08. The summed E-state index contributed by atoms with van der Waals surface area (Å²) < 4.78 is 0. The monoisotopic (exact) mass is 218 g/mol. The van der Waals surface area contributed by atoms with Crippen LogP contribution < -0.4 is 5.32 Å². The van der Waals surface area contributed by atoms with Crippen LogP contribution >= 0.6 is 0 Å². The maximum absolute atomic E-state index is 11.1. The summed E-state index contributed by atoms with van der Waals surface area (Å²) in [6.45, 7) is 0. The van der Waals surface area contributed by atoms with E-state index in [0.717, 1.165) is 5.69 Å². The number of carboxylic acid groups (broad SMARTS) is 1. The number of hydrogen-bond acceptors (Lipinski definition) is 3. The lowest BCUT2D eigenvalue weighted by molar-refractivity contribution is -0.133. The van der Waals surface area contributed by atoms with Gasteiger partial charge in [-0.1, -0.05) is 6.07 Å². The molecule has 82 valence electrons. The van der Waals surface area contributed by atoms with E-state index in [-0.39, 0.29) is 17.9 Å². The third-order valence-corrected chi connectivity index (χ3v) is 2.33. The number of carbonyl (C=O) groups is 2. The number of aliphatic carboxylic acids is 1. The molecule has 0 unspecified atom stereocenters. The van der Waals surface area contributed by atoms with Crippen LogP contribution in [-0.2, 0) is 16.0 Å². The molecule has 0 aliphatic carbocycles. The van der Waals surface area contributed by atoms with E-state index in [1.807, 2.05) is 6.07 Å². The first-order valence-electron chi connectivity index (χ1n) is 4.82. The van der Waals surface area contributed by atoms with E-state index in [9.17, 15) is 9.59 Å². The quantitative estimate of drug-likeness (QED) is 0.773. The lowest BCUT2D eigenvalue weighted by atomic mass is 10.1. The predicted molar refractivity (Wildman–Crippen MR) is 55.4 cm³/mol. The van der Waals surface area contributed by atoms with Crippen molar-refractivity contribution in [2.45, 2.75) is 12.8 Å². The molecule has 0 atom stereocenters. The second-order valence-corrected chi connectivity index (χ2v) is 3.49. The van der Waals surface area contributed by atoms with Crippen molar-refractivity contribution in [2.24, 2.45) is 0 Å². The van der Waals surface area contributed by atoms with Gasteiger partial charge >= 0.3 is 5.97 Å². The van der Waals surface area contributed by atoms with Gasteiger partial charge < -0.3 is 10.4 Å². The van der Waals surface area contributed by atoms with Gasteiger partial charge in [0.05, 0.1) is 12.0 Å². The van der Waals surface area contributed by atoms with Crippen LogP contribution in [0.1, 0.15) is 12.1 Å². The summed E-state index contributed by atoms with van der Waals surface area (Å²) in [5.74, 6) is -1.33. The maximum Gasteiger partial charge on any atom is 0.333 e. The zero-order valence-electron chi connectivity index (χ0n) is 8.43. The van der Waals surface area contributed by atoms with E-state index in [4.69, 9.17) is 5.11 Å². The molecule has 1 aliphatic rings. The molecule has 5 nitrogen and oxygen atoms in total. The molecule has 1 amide bonds. The second-order valence-electron chi connectivity index (χ2n) is 3.49. The number of nitrogens with one attached hydrogen (secondary N) is 1. The lowest BCUT2D eigenvalue weighted by Gasteiger charge is -2.03.